The van der Waals surface area contributed by atoms with Crippen molar-refractivity contribution in [2.75, 3.05) is 11.9 Å². The molecule has 0 saturated heterocycles. The van der Waals surface area contributed by atoms with Gasteiger partial charge < -0.3 is 14.5 Å². The average Bonchev–Trinajstić information content (AvgIpc) is 2.85. The van der Waals surface area contributed by atoms with E-state index in [2.05, 4.69) is 5.32 Å². The van der Waals surface area contributed by atoms with Gasteiger partial charge in [0.2, 0.25) is 0 Å². The summed E-state index contributed by atoms with van der Waals surface area (Å²) >= 11 is 0. The van der Waals surface area contributed by atoms with Crippen molar-refractivity contribution in [2.45, 2.75) is 20.8 Å². The molecule has 0 aliphatic heterocycles. The van der Waals surface area contributed by atoms with Crippen molar-refractivity contribution in [1.29, 1.82) is 0 Å². The number of rotatable bonds is 5. The molecule has 1 aromatic carbocycles. The number of ether oxygens (including phenoxy) is 1. The maximum absolute atomic E-state index is 12.2. The molecule has 0 atom stereocenters. The van der Waals surface area contributed by atoms with Crippen molar-refractivity contribution in [3.8, 4) is 0 Å². The molecule has 0 saturated carbocycles. The van der Waals surface area contributed by atoms with Crippen LogP contribution >= 0.6 is 0 Å². The molecule has 120 valence electrons. The van der Waals surface area contributed by atoms with Crippen molar-refractivity contribution in [1.82, 2.24) is 0 Å². The molecule has 1 amide bonds. The largest absolute Gasteiger partial charge is 0.466 e. The number of esters is 1. The molecule has 0 spiro atoms. The van der Waals surface area contributed by atoms with Crippen LogP contribution in [-0.2, 0) is 9.53 Å². The zero-order valence-electron chi connectivity index (χ0n) is 13.4. The molecule has 0 unspecified atom stereocenters. The van der Waals surface area contributed by atoms with E-state index in [-0.39, 0.29) is 11.9 Å². The predicted octanol–water partition coefficient (Wildman–Crippen LogP) is 3.73. The van der Waals surface area contributed by atoms with Crippen LogP contribution in [0, 0.1) is 13.8 Å². The van der Waals surface area contributed by atoms with Crippen LogP contribution in [0.25, 0.3) is 6.08 Å². The van der Waals surface area contributed by atoms with Gasteiger partial charge in [0.25, 0.3) is 5.91 Å². The number of benzene rings is 1. The van der Waals surface area contributed by atoms with Crippen LogP contribution in [0.5, 0.6) is 0 Å². The van der Waals surface area contributed by atoms with Gasteiger partial charge in [-0.1, -0.05) is 12.1 Å². The Labute approximate surface area is 134 Å². The Morgan fingerprint density at radius 3 is 2.48 bits per heavy atom. The summed E-state index contributed by atoms with van der Waals surface area (Å²) in [6.07, 6.45) is 3.03. The predicted molar refractivity (Wildman–Crippen MR) is 88.2 cm³/mol. The first-order chi connectivity index (χ1) is 11.0. The summed E-state index contributed by atoms with van der Waals surface area (Å²) in [5.41, 5.74) is 2.03. The Hall–Kier alpha value is -2.82. The summed E-state index contributed by atoms with van der Waals surface area (Å²) in [6.45, 7) is 5.66. The molecule has 2 rings (SSSR count). The van der Waals surface area contributed by atoms with E-state index in [9.17, 15) is 9.59 Å². The molecule has 23 heavy (non-hydrogen) atoms. The lowest BCUT2D eigenvalue weighted by atomic mass is 10.2. The van der Waals surface area contributed by atoms with E-state index in [1.54, 1.807) is 57.2 Å². The van der Waals surface area contributed by atoms with Gasteiger partial charge in [0.15, 0.2) is 0 Å². The van der Waals surface area contributed by atoms with Gasteiger partial charge in [-0.3, -0.25) is 4.79 Å². The van der Waals surface area contributed by atoms with Crippen molar-refractivity contribution in [2.24, 2.45) is 0 Å². The molecule has 2 aromatic rings. The van der Waals surface area contributed by atoms with E-state index in [0.717, 1.165) is 5.56 Å². The second-order valence-electron chi connectivity index (χ2n) is 4.99. The van der Waals surface area contributed by atoms with Crippen LogP contribution in [-0.4, -0.2) is 18.5 Å². The summed E-state index contributed by atoms with van der Waals surface area (Å²) in [5.74, 6) is 0.700. The molecule has 0 fully saturated rings. The summed E-state index contributed by atoms with van der Waals surface area (Å²) < 4.78 is 10.2. The zero-order chi connectivity index (χ0) is 16.8. The highest BCUT2D eigenvalue weighted by Crippen LogP contribution is 2.17. The van der Waals surface area contributed by atoms with Crippen LogP contribution in [0.1, 0.15) is 34.4 Å². The molecule has 1 heterocycles. The number of furan rings is 1. The minimum Gasteiger partial charge on any atom is -0.466 e. The summed E-state index contributed by atoms with van der Waals surface area (Å²) in [7, 11) is 0. The first kappa shape index (κ1) is 16.5. The fourth-order valence-corrected chi connectivity index (χ4v) is 2.09. The lowest BCUT2D eigenvalue weighted by Gasteiger charge is -2.04. The number of hydrogen-bond acceptors (Lipinski definition) is 4. The number of aryl methyl sites for hydroxylation is 2. The second kappa shape index (κ2) is 7.45. The van der Waals surface area contributed by atoms with Crippen LogP contribution in [0.2, 0.25) is 0 Å². The fourth-order valence-electron chi connectivity index (χ4n) is 2.09. The topological polar surface area (TPSA) is 68.5 Å². The van der Waals surface area contributed by atoms with Crippen LogP contribution in [0.3, 0.4) is 0 Å². The monoisotopic (exact) mass is 313 g/mol. The van der Waals surface area contributed by atoms with Gasteiger partial charge in [0.1, 0.15) is 11.5 Å². The number of carbonyl (C=O) groups excluding carboxylic acids is 2. The molecular formula is C18H19NO4. The molecule has 5 heteroatoms. The Kier molecular flexibility index (Phi) is 5.36. The molecule has 0 aliphatic carbocycles. The minimum atomic E-state index is -0.379. The standard InChI is InChI=1S/C18H19NO4/c1-4-22-17(20)10-7-14-5-8-15(9-6-14)19-18(21)16-11-12(2)23-13(16)3/h5-11H,4H2,1-3H3,(H,19,21)/b10-7+. The first-order valence-corrected chi connectivity index (χ1v) is 7.33. The quantitative estimate of drug-likeness (QED) is 0.674. The summed E-state index contributed by atoms with van der Waals surface area (Å²) in [4.78, 5) is 23.4. The lowest BCUT2D eigenvalue weighted by Crippen LogP contribution is -2.11. The van der Waals surface area contributed by atoms with Crippen molar-refractivity contribution in [3.63, 3.8) is 0 Å². The third-order valence-electron chi connectivity index (χ3n) is 3.15. The van der Waals surface area contributed by atoms with E-state index in [4.69, 9.17) is 9.15 Å². The van der Waals surface area contributed by atoms with E-state index in [1.807, 2.05) is 0 Å². The van der Waals surface area contributed by atoms with E-state index >= 15 is 0 Å². The van der Waals surface area contributed by atoms with Crippen LogP contribution in [0.15, 0.2) is 40.8 Å². The molecule has 1 aromatic heterocycles. The van der Waals surface area contributed by atoms with Crippen molar-refractivity contribution < 1.29 is 18.7 Å². The zero-order valence-corrected chi connectivity index (χ0v) is 13.4. The maximum atomic E-state index is 12.2. The lowest BCUT2D eigenvalue weighted by molar-refractivity contribution is -0.137. The molecule has 0 aliphatic rings. The van der Waals surface area contributed by atoms with Crippen LogP contribution < -0.4 is 5.32 Å². The normalized spacial score (nSPS) is 10.7. The van der Waals surface area contributed by atoms with Crippen molar-refractivity contribution >= 4 is 23.6 Å². The molecule has 5 nitrogen and oxygen atoms in total. The maximum Gasteiger partial charge on any atom is 0.330 e. The van der Waals surface area contributed by atoms with Gasteiger partial charge in [-0.05, 0) is 50.6 Å². The average molecular weight is 313 g/mol. The second-order valence-corrected chi connectivity index (χ2v) is 4.99. The van der Waals surface area contributed by atoms with Crippen molar-refractivity contribution in [3.05, 3.63) is 59.1 Å². The minimum absolute atomic E-state index is 0.214. The number of anilines is 1. The van der Waals surface area contributed by atoms with E-state index in [0.29, 0.717) is 29.4 Å². The Bertz CT molecular complexity index is 726. The highest BCUT2D eigenvalue weighted by molar-refractivity contribution is 6.05. The van der Waals surface area contributed by atoms with E-state index < -0.39 is 0 Å². The summed E-state index contributed by atoms with van der Waals surface area (Å²) in [5, 5.41) is 2.81. The molecule has 0 radical (unpaired) electrons. The summed E-state index contributed by atoms with van der Waals surface area (Å²) in [6, 6.07) is 8.86. The van der Waals surface area contributed by atoms with Gasteiger partial charge >= 0.3 is 5.97 Å². The van der Waals surface area contributed by atoms with Gasteiger partial charge in [0, 0.05) is 11.8 Å². The first-order valence-electron chi connectivity index (χ1n) is 7.33. The Balaban J connectivity index is 2.01. The SMILES string of the molecule is CCOC(=O)/C=C/c1ccc(NC(=O)c2cc(C)oc2C)cc1. The molecular weight excluding hydrogens is 294 g/mol. The Morgan fingerprint density at radius 2 is 1.91 bits per heavy atom. The van der Waals surface area contributed by atoms with Gasteiger partial charge in [0.05, 0.1) is 12.2 Å². The third kappa shape index (κ3) is 4.57. The number of nitrogens with one attached hydrogen (secondary N) is 1. The fraction of sp³-hybridized carbons (Fsp3) is 0.222. The third-order valence-corrected chi connectivity index (χ3v) is 3.15. The number of hydrogen-bond donors (Lipinski definition) is 1. The van der Waals surface area contributed by atoms with Crippen LogP contribution in [0.4, 0.5) is 5.69 Å². The number of carbonyl (C=O) groups is 2. The highest BCUT2D eigenvalue weighted by Gasteiger charge is 2.13. The smallest absolute Gasteiger partial charge is 0.330 e. The van der Waals surface area contributed by atoms with Gasteiger partial charge in [-0.25, -0.2) is 4.79 Å². The highest BCUT2D eigenvalue weighted by atomic mass is 16.5. The molecule has 1 N–H and O–H groups in total. The van der Waals surface area contributed by atoms with Gasteiger partial charge in [-0.2, -0.15) is 0 Å². The molecule has 0 bridgehead atoms. The number of amides is 1. The van der Waals surface area contributed by atoms with E-state index in [1.165, 1.54) is 6.08 Å². The van der Waals surface area contributed by atoms with Gasteiger partial charge in [-0.15, -0.1) is 0 Å². The Morgan fingerprint density at radius 1 is 1.22 bits per heavy atom.